The lowest BCUT2D eigenvalue weighted by Crippen LogP contribution is -2.48. The van der Waals surface area contributed by atoms with Crippen LogP contribution in [0.5, 0.6) is 0 Å². The molecule has 136 valence electrons. The third-order valence-corrected chi connectivity index (χ3v) is 5.14. The van der Waals surface area contributed by atoms with Crippen LogP contribution in [0, 0.1) is 0 Å². The van der Waals surface area contributed by atoms with Crippen LogP contribution in [0.2, 0.25) is 0 Å². The summed E-state index contributed by atoms with van der Waals surface area (Å²) >= 11 is 0. The van der Waals surface area contributed by atoms with E-state index in [1.54, 1.807) is 0 Å². The standard InChI is InChI=1S/C20H28N2O3/c1-13(23)11-17-8-6-10-22(17)15(3)20(24)21-14(2)19-12-16-7-4-5-9-18(16)25-19/h4-5,7,9,12-15,17,23H,6,8,10-11H2,1-3H3,(H,21,24). The molecule has 0 spiro atoms. The number of amides is 1. The number of fused-ring (bicyclic) bond motifs is 1. The van der Waals surface area contributed by atoms with Crippen molar-refractivity contribution < 1.29 is 14.3 Å². The van der Waals surface area contributed by atoms with E-state index in [9.17, 15) is 9.90 Å². The summed E-state index contributed by atoms with van der Waals surface area (Å²) in [6.45, 7) is 6.61. The molecule has 1 saturated heterocycles. The van der Waals surface area contributed by atoms with Crippen molar-refractivity contribution in [2.24, 2.45) is 0 Å². The van der Waals surface area contributed by atoms with Gasteiger partial charge in [-0.3, -0.25) is 9.69 Å². The van der Waals surface area contributed by atoms with Crippen molar-refractivity contribution in [3.05, 3.63) is 36.1 Å². The fraction of sp³-hybridized carbons (Fsp3) is 0.550. The van der Waals surface area contributed by atoms with Crippen LogP contribution in [0.15, 0.2) is 34.7 Å². The lowest BCUT2D eigenvalue weighted by Gasteiger charge is -2.31. The highest BCUT2D eigenvalue weighted by Crippen LogP contribution is 2.26. The van der Waals surface area contributed by atoms with Crippen LogP contribution < -0.4 is 5.32 Å². The molecule has 2 N–H and O–H groups in total. The van der Waals surface area contributed by atoms with Gasteiger partial charge in [0, 0.05) is 11.4 Å². The van der Waals surface area contributed by atoms with Gasteiger partial charge in [0.05, 0.1) is 18.2 Å². The summed E-state index contributed by atoms with van der Waals surface area (Å²) in [7, 11) is 0. The number of aliphatic hydroxyl groups excluding tert-OH is 1. The number of hydrogen-bond acceptors (Lipinski definition) is 4. The topological polar surface area (TPSA) is 65.7 Å². The van der Waals surface area contributed by atoms with E-state index in [0.29, 0.717) is 0 Å². The van der Waals surface area contributed by atoms with Gasteiger partial charge in [-0.2, -0.15) is 0 Å². The Labute approximate surface area is 149 Å². The number of furan rings is 1. The molecule has 0 saturated carbocycles. The maximum atomic E-state index is 12.7. The predicted octanol–water partition coefficient (Wildman–Crippen LogP) is 3.23. The molecular formula is C20H28N2O3. The van der Waals surface area contributed by atoms with Gasteiger partial charge in [0.2, 0.25) is 5.91 Å². The molecule has 5 heteroatoms. The van der Waals surface area contributed by atoms with E-state index in [1.165, 1.54) is 0 Å². The zero-order valence-corrected chi connectivity index (χ0v) is 15.2. The van der Waals surface area contributed by atoms with E-state index in [1.807, 2.05) is 51.1 Å². The van der Waals surface area contributed by atoms with Crippen LogP contribution in [-0.2, 0) is 4.79 Å². The van der Waals surface area contributed by atoms with Crippen LogP contribution in [0.25, 0.3) is 11.0 Å². The second-order valence-electron chi connectivity index (χ2n) is 7.21. The first-order chi connectivity index (χ1) is 12.0. The molecule has 4 unspecified atom stereocenters. The van der Waals surface area contributed by atoms with Gasteiger partial charge in [-0.1, -0.05) is 18.2 Å². The fourth-order valence-corrected chi connectivity index (χ4v) is 3.79. The van der Waals surface area contributed by atoms with Crippen LogP contribution >= 0.6 is 0 Å². The average molecular weight is 344 g/mol. The van der Waals surface area contributed by atoms with Crippen molar-refractivity contribution in [1.82, 2.24) is 10.2 Å². The van der Waals surface area contributed by atoms with Gasteiger partial charge in [-0.15, -0.1) is 0 Å². The van der Waals surface area contributed by atoms with E-state index >= 15 is 0 Å². The van der Waals surface area contributed by atoms with Crippen LogP contribution in [0.3, 0.4) is 0 Å². The van der Waals surface area contributed by atoms with Crippen molar-refractivity contribution in [3.63, 3.8) is 0 Å². The normalized spacial score (nSPS) is 22.0. The molecule has 0 bridgehead atoms. The number of likely N-dealkylation sites (tertiary alicyclic amines) is 1. The molecule has 25 heavy (non-hydrogen) atoms. The summed E-state index contributed by atoms with van der Waals surface area (Å²) in [5, 5.41) is 13.8. The Bertz CT molecular complexity index is 692. The molecule has 0 radical (unpaired) electrons. The van der Waals surface area contributed by atoms with E-state index in [4.69, 9.17) is 4.42 Å². The van der Waals surface area contributed by atoms with Gasteiger partial charge >= 0.3 is 0 Å². The zero-order chi connectivity index (χ0) is 18.0. The molecule has 1 amide bonds. The Morgan fingerprint density at radius 2 is 2.12 bits per heavy atom. The van der Waals surface area contributed by atoms with E-state index in [2.05, 4.69) is 10.2 Å². The molecule has 2 aromatic rings. The number of hydrogen-bond donors (Lipinski definition) is 2. The first-order valence-corrected chi connectivity index (χ1v) is 9.18. The minimum absolute atomic E-state index is 0.00505. The monoisotopic (exact) mass is 344 g/mol. The predicted molar refractivity (Wildman–Crippen MR) is 98.3 cm³/mol. The van der Waals surface area contributed by atoms with Crippen molar-refractivity contribution in [3.8, 4) is 0 Å². The highest BCUT2D eigenvalue weighted by molar-refractivity contribution is 5.82. The summed E-state index contributed by atoms with van der Waals surface area (Å²) in [4.78, 5) is 14.9. The Morgan fingerprint density at radius 3 is 2.84 bits per heavy atom. The Balaban J connectivity index is 1.64. The van der Waals surface area contributed by atoms with Gasteiger partial charge in [-0.05, 0) is 58.7 Å². The summed E-state index contributed by atoms with van der Waals surface area (Å²) < 4.78 is 5.85. The molecule has 1 fully saturated rings. The Kier molecular flexibility index (Phi) is 5.45. The Morgan fingerprint density at radius 1 is 1.36 bits per heavy atom. The van der Waals surface area contributed by atoms with Crippen molar-refractivity contribution in [2.75, 3.05) is 6.54 Å². The number of aliphatic hydroxyl groups is 1. The van der Waals surface area contributed by atoms with Crippen LogP contribution in [0.4, 0.5) is 0 Å². The summed E-state index contributed by atoms with van der Waals surface area (Å²) in [6, 6.07) is 9.72. The fourth-order valence-electron chi connectivity index (χ4n) is 3.79. The van der Waals surface area contributed by atoms with Gasteiger partial charge in [-0.25, -0.2) is 0 Å². The zero-order valence-electron chi connectivity index (χ0n) is 15.2. The van der Waals surface area contributed by atoms with E-state index in [-0.39, 0.29) is 30.1 Å². The number of nitrogens with zero attached hydrogens (tertiary/aromatic N) is 1. The van der Waals surface area contributed by atoms with Crippen molar-refractivity contribution >= 4 is 16.9 Å². The minimum atomic E-state index is -0.338. The number of rotatable bonds is 6. The second kappa shape index (κ2) is 7.58. The molecular weight excluding hydrogens is 316 g/mol. The minimum Gasteiger partial charge on any atom is -0.459 e. The number of para-hydroxylation sites is 1. The second-order valence-corrected chi connectivity index (χ2v) is 7.21. The maximum Gasteiger partial charge on any atom is 0.237 e. The van der Waals surface area contributed by atoms with Gasteiger partial charge in [0.1, 0.15) is 11.3 Å². The largest absolute Gasteiger partial charge is 0.459 e. The lowest BCUT2D eigenvalue weighted by atomic mass is 10.1. The van der Waals surface area contributed by atoms with Gasteiger partial charge < -0.3 is 14.8 Å². The van der Waals surface area contributed by atoms with Crippen molar-refractivity contribution in [1.29, 1.82) is 0 Å². The van der Waals surface area contributed by atoms with Crippen LogP contribution in [-0.4, -0.2) is 40.6 Å². The summed E-state index contributed by atoms with van der Waals surface area (Å²) in [5.41, 5.74) is 0.836. The smallest absolute Gasteiger partial charge is 0.237 e. The molecule has 0 aliphatic carbocycles. The summed E-state index contributed by atoms with van der Waals surface area (Å²) in [6.07, 6.45) is 2.50. The van der Waals surface area contributed by atoms with E-state index < -0.39 is 0 Å². The Hall–Kier alpha value is -1.85. The summed E-state index contributed by atoms with van der Waals surface area (Å²) in [5.74, 6) is 0.772. The molecule has 4 atom stereocenters. The van der Waals surface area contributed by atoms with E-state index in [0.717, 1.165) is 42.5 Å². The van der Waals surface area contributed by atoms with Crippen molar-refractivity contribution in [2.45, 2.75) is 64.3 Å². The van der Waals surface area contributed by atoms with Gasteiger partial charge in [0.15, 0.2) is 0 Å². The third kappa shape index (κ3) is 4.05. The molecule has 1 aliphatic heterocycles. The molecule has 3 rings (SSSR count). The SMILES string of the molecule is CC(O)CC1CCCN1C(C)C(=O)NC(C)c1cc2ccccc2o1. The molecule has 1 aromatic heterocycles. The highest BCUT2D eigenvalue weighted by Gasteiger charge is 2.33. The first-order valence-electron chi connectivity index (χ1n) is 9.18. The quantitative estimate of drug-likeness (QED) is 0.844. The lowest BCUT2D eigenvalue weighted by molar-refractivity contribution is -0.127. The highest BCUT2D eigenvalue weighted by atomic mass is 16.3. The number of carbonyl (C=O) groups is 1. The van der Waals surface area contributed by atoms with Gasteiger partial charge in [0.25, 0.3) is 0 Å². The van der Waals surface area contributed by atoms with Crippen LogP contribution in [0.1, 0.15) is 51.8 Å². The third-order valence-electron chi connectivity index (χ3n) is 5.14. The molecule has 1 aliphatic rings. The average Bonchev–Trinajstić information content (AvgIpc) is 3.19. The maximum absolute atomic E-state index is 12.7. The number of benzene rings is 1. The number of nitrogens with one attached hydrogen (secondary N) is 1. The molecule has 5 nitrogen and oxygen atoms in total. The molecule has 1 aromatic carbocycles. The first kappa shape index (κ1) is 18.0. The number of carbonyl (C=O) groups excluding carboxylic acids is 1. The molecule has 2 heterocycles.